The van der Waals surface area contributed by atoms with Crippen molar-refractivity contribution in [2.45, 2.75) is 44.1 Å². The molecule has 0 radical (unpaired) electrons. The number of amides is 1. The fourth-order valence-electron chi connectivity index (χ4n) is 2.71. The molecule has 1 amide bonds. The Bertz CT molecular complexity index is 532. The minimum Gasteiger partial charge on any atom is -0.388 e. The Balaban J connectivity index is 2.05. The van der Waals surface area contributed by atoms with Crippen molar-refractivity contribution < 1.29 is 14.8 Å². The first-order valence-corrected chi connectivity index (χ1v) is 7.10. The van der Waals surface area contributed by atoms with E-state index in [2.05, 4.69) is 10.4 Å². The van der Waals surface area contributed by atoms with Gasteiger partial charge in [-0.05, 0) is 12.8 Å². The van der Waals surface area contributed by atoms with Crippen molar-refractivity contribution in [1.82, 2.24) is 15.1 Å². The van der Waals surface area contributed by atoms with E-state index in [1.54, 1.807) is 0 Å². The molecule has 0 unspecified atom stereocenters. The fourth-order valence-corrected chi connectivity index (χ4v) is 2.71. The molecule has 0 bridgehead atoms. The summed E-state index contributed by atoms with van der Waals surface area (Å²) >= 11 is 0. The SMILES string of the molecule is Cn1ncc([N+](=O)[O-])c1C(=O)NCC1(O)CCCCCC1. The van der Waals surface area contributed by atoms with Crippen LogP contribution >= 0.6 is 0 Å². The molecule has 0 aliphatic heterocycles. The summed E-state index contributed by atoms with van der Waals surface area (Å²) in [5.74, 6) is -0.584. The molecule has 1 aromatic heterocycles. The Morgan fingerprint density at radius 3 is 2.67 bits per heavy atom. The van der Waals surface area contributed by atoms with Crippen LogP contribution in [0.4, 0.5) is 5.69 Å². The monoisotopic (exact) mass is 296 g/mol. The zero-order valence-electron chi connectivity index (χ0n) is 12.0. The summed E-state index contributed by atoms with van der Waals surface area (Å²) in [6, 6.07) is 0. The van der Waals surface area contributed by atoms with Gasteiger partial charge < -0.3 is 10.4 Å². The fraction of sp³-hybridized carbons (Fsp3) is 0.692. The van der Waals surface area contributed by atoms with E-state index >= 15 is 0 Å². The van der Waals surface area contributed by atoms with Crippen LogP contribution in [0, 0.1) is 10.1 Å². The molecule has 0 atom stereocenters. The molecule has 1 aliphatic carbocycles. The summed E-state index contributed by atoms with van der Waals surface area (Å²) in [7, 11) is 1.47. The third-order valence-corrected chi connectivity index (χ3v) is 3.94. The molecule has 0 spiro atoms. The third-order valence-electron chi connectivity index (χ3n) is 3.94. The highest BCUT2D eigenvalue weighted by molar-refractivity contribution is 5.96. The van der Waals surface area contributed by atoms with Gasteiger partial charge >= 0.3 is 5.69 Å². The number of rotatable bonds is 4. The van der Waals surface area contributed by atoms with Crippen LogP contribution in [0.25, 0.3) is 0 Å². The van der Waals surface area contributed by atoms with E-state index in [1.807, 2.05) is 0 Å². The van der Waals surface area contributed by atoms with Crippen LogP contribution in [0.5, 0.6) is 0 Å². The molecule has 0 aromatic carbocycles. The number of nitrogens with zero attached hydrogens (tertiary/aromatic N) is 3. The molecule has 8 nitrogen and oxygen atoms in total. The van der Waals surface area contributed by atoms with Gasteiger partial charge in [0.1, 0.15) is 6.20 Å². The highest BCUT2D eigenvalue weighted by Crippen LogP contribution is 2.26. The van der Waals surface area contributed by atoms with E-state index in [-0.39, 0.29) is 17.9 Å². The van der Waals surface area contributed by atoms with E-state index < -0.39 is 16.4 Å². The van der Waals surface area contributed by atoms with Crippen LogP contribution in [0.15, 0.2) is 6.20 Å². The highest BCUT2D eigenvalue weighted by atomic mass is 16.6. The van der Waals surface area contributed by atoms with Crippen LogP contribution in [0.2, 0.25) is 0 Å². The Morgan fingerprint density at radius 1 is 1.48 bits per heavy atom. The van der Waals surface area contributed by atoms with Gasteiger partial charge in [-0.3, -0.25) is 19.6 Å². The summed E-state index contributed by atoms with van der Waals surface area (Å²) in [5, 5.41) is 27.7. The highest BCUT2D eigenvalue weighted by Gasteiger charge is 2.31. The van der Waals surface area contributed by atoms with Crippen LogP contribution in [0.3, 0.4) is 0 Å². The standard InChI is InChI=1S/C13H20N4O4/c1-16-11(10(8-15-16)17(20)21)12(18)14-9-13(19)6-4-2-3-5-7-13/h8,19H,2-7,9H2,1H3,(H,14,18). The van der Waals surface area contributed by atoms with Crippen molar-refractivity contribution in [3.8, 4) is 0 Å². The van der Waals surface area contributed by atoms with Gasteiger partial charge in [0, 0.05) is 13.6 Å². The van der Waals surface area contributed by atoms with Gasteiger partial charge in [0.15, 0.2) is 0 Å². The smallest absolute Gasteiger partial charge is 0.320 e. The number of nitrogens with one attached hydrogen (secondary N) is 1. The lowest BCUT2D eigenvalue weighted by Crippen LogP contribution is -2.43. The minimum absolute atomic E-state index is 0.0998. The maximum atomic E-state index is 12.1. The zero-order chi connectivity index (χ0) is 15.5. The third kappa shape index (κ3) is 3.57. The molecule has 1 fully saturated rings. The topological polar surface area (TPSA) is 110 Å². The number of hydrogen-bond donors (Lipinski definition) is 2. The lowest BCUT2D eigenvalue weighted by atomic mass is 9.94. The summed E-state index contributed by atoms with van der Waals surface area (Å²) in [6.07, 6.45) is 6.36. The van der Waals surface area contributed by atoms with Crippen LogP contribution in [-0.2, 0) is 7.05 Å². The number of hydrogen-bond acceptors (Lipinski definition) is 5. The summed E-state index contributed by atoms with van der Waals surface area (Å²) in [6.45, 7) is 0.105. The number of carbonyl (C=O) groups is 1. The van der Waals surface area contributed by atoms with Crippen molar-refractivity contribution in [3.05, 3.63) is 22.0 Å². The second-order valence-electron chi connectivity index (χ2n) is 5.58. The van der Waals surface area contributed by atoms with Gasteiger partial charge in [0.05, 0.1) is 10.5 Å². The summed E-state index contributed by atoms with van der Waals surface area (Å²) < 4.78 is 1.17. The van der Waals surface area contributed by atoms with Gasteiger partial charge in [-0.15, -0.1) is 0 Å². The molecule has 1 saturated carbocycles. The van der Waals surface area contributed by atoms with Crippen molar-refractivity contribution >= 4 is 11.6 Å². The molecule has 0 saturated heterocycles. The van der Waals surface area contributed by atoms with Crippen LogP contribution in [-0.4, -0.2) is 37.9 Å². The molecule has 2 N–H and O–H groups in total. The predicted octanol–water partition coefficient (Wildman–Crippen LogP) is 1.14. The predicted molar refractivity (Wildman–Crippen MR) is 74.8 cm³/mol. The van der Waals surface area contributed by atoms with Gasteiger partial charge in [-0.2, -0.15) is 5.10 Å². The van der Waals surface area contributed by atoms with Gasteiger partial charge in [-0.1, -0.05) is 25.7 Å². The average molecular weight is 296 g/mol. The number of aliphatic hydroxyl groups is 1. The molecular weight excluding hydrogens is 276 g/mol. The van der Waals surface area contributed by atoms with Gasteiger partial charge in [0.25, 0.3) is 5.91 Å². The number of aromatic nitrogens is 2. The number of carbonyl (C=O) groups excluding carboxylic acids is 1. The maximum Gasteiger partial charge on any atom is 0.320 e. The van der Waals surface area contributed by atoms with E-state index in [0.717, 1.165) is 31.9 Å². The lowest BCUT2D eigenvalue weighted by Gasteiger charge is -2.26. The molecule has 2 rings (SSSR count). The Morgan fingerprint density at radius 2 is 2.10 bits per heavy atom. The first-order valence-electron chi connectivity index (χ1n) is 7.10. The Labute approximate surface area is 122 Å². The second-order valence-corrected chi connectivity index (χ2v) is 5.58. The van der Waals surface area contributed by atoms with Crippen molar-refractivity contribution in [1.29, 1.82) is 0 Å². The molecule has 8 heteroatoms. The molecule has 116 valence electrons. The lowest BCUT2D eigenvalue weighted by molar-refractivity contribution is -0.385. The average Bonchev–Trinajstić information content (AvgIpc) is 2.69. The molecule has 1 aromatic rings. The number of aryl methyl sites for hydroxylation is 1. The minimum atomic E-state index is -0.917. The van der Waals surface area contributed by atoms with E-state index in [4.69, 9.17) is 0 Å². The maximum absolute atomic E-state index is 12.1. The van der Waals surface area contributed by atoms with Gasteiger partial charge in [-0.25, -0.2) is 0 Å². The largest absolute Gasteiger partial charge is 0.388 e. The molecule has 1 aliphatic rings. The van der Waals surface area contributed by atoms with Crippen molar-refractivity contribution in [2.24, 2.45) is 7.05 Å². The van der Waals surface area contributed by atoms with Crippen LogP contribution in [0.1, 0.15) is 49.0 Å². The normalized spacial score (nSPS) is 18.0. The molecule has 21 heavy (non-hydrogen) atoms. The number of nitro groups is 1. The van der Waals surface area contributed by atoms with Crippen molar-refractivity contribution in [2.75, 3.05) is 6.54 Å². The van der Waals surface area contributed by atoms with E-state index in [1.165, 1.54) is 11.7 Å². The van der Waals surface area contributed by atoms with Crippen molar-refractivity contribution in [3.63, 3.8) is 0 Å². The summed E-state index contributed by atoms with van der Waals surface area (Å²) in [5.41, 5.74) is -1.35. The second kappa shape index (κ2) is 6.21. The molecular formula is C13H20N4O4. The van der Waals surface area contributed by atoms with Crippen LogP contribution < -0.4 is 5.32 Å². The van der Waals surface area contributed by atoms with E-state index in [9.17, 15) is 20.0 Å². The molecule has 1 heterocycles. The Hall–Kier alpha value is -1.96. The quantitative estimate of drug-likeness (QED) is 0.492. The first-order chi connectivity index (χ1) is 9.93. The van der Waals surface area contributed by atoms with Gasteiger partial charge in [0.2, 0.25) is 5.69 Å². The first kappa shape index (κ1) is 15.4. The Kier molecular flexibility index (Phi) is 4.56. The van der Waals surface area contributed by atoms with E-state index in [0.29, 0.717) is 12.8 Å². The summed E-state index contributed by atoms with van der Waals surface area (Å²) in [4.78, 5) is 22.4. The zero-order valence-corrected chi connectivity index (χ0v) is 12.0.